The number of rotatable bonds is 1. The smallest absolute Gasteiger partial charge is 0.264 e. The van der Waals surface area contributed by atoms with Crippen LogP contribution in [0.1, 0.15) is 32.1 Å². The molecule has 8 heteroatoms. The number of hydrogen-bond acceptors (Lipinski definition) is 7. The highest BCUT2D eigenvalue weighted by Crippen LogP contribution is 2.46. The molecule has 3 aliphatic rings. The SMILES string of the molecule is CN1C(=O)COc2cccc(N3C(N)=NC(N)=NC34CCCCC4)c21. The van der Waals surface area contributed by atoms with Gasteiger partial charge in [-0.05, 0) is 37.8 Å². The summed E-state index contributed by atoms with van der Waals surface area (Å²) in [5, 5.41) is 0. The Labute approximate surface area is 146 Å². The van der Waals surface area contributed by atoms with Crippen molar-refractivity contribution in [3.63, 3.8) is 0 Å². The number of nitrogens with two attached hydrogens (primary N) is 2. The number of nitrogens with zero attached hydrogens (tertiary/aromatic N) is 4. The maximum absolute atomic E-state index is 12.2. The van der Waals surface area contributed by atoms with Crippen molar-refractivity contribution in [2.24, 2.45) is 21.5 Å². The Morgan fingerprint density at radius 1 is 1.20 bits per heavy atom. The van der Waals surface area contributed by atoms with Gasteiger partial charge in [-0.25, -0.2) is 4.99 Å². The van der Waals surface area contributed by atoms with Gasteiger partial charge in [0.1, 0.15) is 17.1 Å². The molecule has 1 aromatic carbocycles. The number of guanidine groups is 2. The van der Waals surface area contributed by atoms with Gasteiger partial charge in [-0.1, -0.05) is 12.5 Å². The minimum atomic E-state index is -0.551. The van der Waals surface area contributed by atoms with E-state index in [1.165, 1.54) is 0 Å². The van der Waals surface area contributed by atoms with Crippen LogP contribution in [0.5, 0.6) is 5.75 Å². The Kier molecular flexibility index (Phi) is 3.55. The molecule has 1 amide bonds. The van der Waals surface area contributed by atoms with E-state index in [9.17, 15) is 4.79 Å². The summed E-state index contributed by atoms with van der Waals surface area (Å²) in [6, 6.07) is 5.67. The Morgan fingerprint density at radius 2 is 1.96 bits per heavy atom. The number of para-hydroxylation sites is 1. The normalized spacial score (nSPS) is 22.2. The third-order valence-corrected chi connectivity index (χ3v) is 5.13. The summed E-state index contributed by atoms with van der Waals surface area (Å²) in [7, 11) is 1.75. The number of benzene rings is 1. The first kappa shape index (κ1) is 15.7. The topological polar surface area (TPSA) is 110 Å². The number of aliphatic imine (C=N–C) groups is 2. The highest BCUT2D eigenvalue weighted by atomic mass is 16.5. The molecule has 0 saturated heterocycles. The van der Waals surface area contributed by atoms with Gasteiger partial charge in [-0.2, -0.15) is 4.99 Å². The van der Waals surface area contributed by atoms with E-state index in [-0.39, 0.29) is 18.5 Å². The molecule has 132 valence electrons. The lowest BCUT2D eigenvalue weighted by Crippen LogP contribution is -2.58. The van der Waals surface area contributed by atoms with Gasteiger partial charge >= 0.3 is 0 Å². The second-order valence-electron chi connectivity index (χ2n) is 6.68. The Balaban J connectivity index is 1.88. The number of carbonyl (C=O) groups is 1. The number of anilines is 2. The molecule has 4 N–H and O–H groups in total. The van der Waals surface area contributed by atoms with Gasteiger partial charge in [-0.3, -0.25) is 9.69 Å². The monoisotopic (exact) mass is 342 g/mol. The zero-order valence-electron chi connectivity index (χ0n) is 14.2. The fourth-order valence-electron chi connectivity index (χ4n) is 3.98. The highest BCUT2D eigenvalue weighted by molar-refractivity contribution is 6.10. The van der Waals surface area contributed by atoms with Crippen LogP contribution in [0.4, 0.5) is 11.4 Å². The molecule has 1 spiro atoms. The quantitative estimate of drug-likeness (QED) is 0.795. The molecule has 1 aliphatic carbocycles. The molecule has 2 heterocycles. The maximum atomic E-state index is 12.2. The summed E-state index contributed by atoms with van der Waals surface area (Å²) in [4.78, 5) is 24.6. The van der Waals surface area contributed by atoms with Crippen LogP contribution in [0.3, 0.4) is 0 Å². The summed E-state index contributed by atoms with van der Waals surface area (Å²) in [5.41, 5.74) is 13.1. The molecule has 0 aromatic heterocycles. The molecule has 0 atom stereocenters. The molecule has 4 rings (SSSR count). The predicted octanol–water partition coefficient (Wildman–Crippen LogP) is 1.15. The van der Waals surface area contributed by atoms with Crippen molar-refractivity contribution < 1.29 is 9.53 Å². The molecule has 8 nitrogen and oxygen atoms in total. The molecule has 1 aromatic rings. The lowest BCUT2D eigenvalue weighted by Gasteiger charge is -2.46. The minimum absolute atomic E-state index is 0.0345. The van der Waals surface area contributed by atoms with Crippen LogP contribution in [0, 0.1) is 0 Å². The van der Waals surface area contributed by atoms with E-state index in [1.807, 2.05) is 23.1 Å². The van der Waals surface area contributed by atoms with Crippen molar-refractivity contribution in [1.82, 2.24) is 0 Å². The summed E-state index contributed by atoms with van der Waals surface area (Å²) in [5.74, 6) is 1.06. The van der Waals surface area contributed by atoms with Crippen molar-refractivity contribution in [3.8, 4) is 5.75 Å². The summed E-state index contributed by atoms with van der Waals surface area (Å²) >= 11 is 0. The lowest BCUT2D eigenvalue weighted by molar-refractivity contribution is -0.120. The molecule has 0 bridgehead atoms. The van der Waals surface area contributed by atoms with E-state index in [2.05, 4.69) is 9.98 Å². The molecular weight excluding hydrogens is 320 g/mol. The molecule has 0 radical (unpaired) electrons. The summed E-state index contributed by atoms with van der Waals surface area (Å²) < 4.78 is 5.61. The average molecular weight is 342 g/mol. The van der Waals surface area contributed by atoms with Gasteiger partial charge in [0.05, 0.1) is 5.69 Å². The molecule has 1 saturated carbocycles. The van der Waals surface area contributed by atoms with Gasteiger partial charge in [0, 0.05) is 7.05 Å². The van der Waals surface area contributed by atoms with E-state index in [0.717, 1.165) is 37.8 Å². The van der Waals surface area contributed by atoms with E-state index in [1.54, 1.807) is 11.9 Å². The van der Waals surface area contributed by atoms with E-state index < -0.39 is 5.66 Å². The third kappa shape index (κ3) is 2.40. The number of carbonyl (C=O) groups excluding carboxylic acids is 1. The molecular formula is C17H22N6O2. The van der Waals surface area contributed by atoms with Crippen molar-refractivity contribution in [2.45, 2.75) is 37.8 Å². The fraction of sp³-hybridized carbons (Fsp3) is 0.471. The summed E-state index contributed by atoms with van der Waals surface area (Å²) in [6.45, 7) is 0.0345. The van der Waals surface area contributed by atoms with Crippen LogP contribution < -0.4 is 26.0 Å². The van der Waals surface area contributed by atoms with Gasteiger partial charge < -0.3 is 21.1 Å². The molecule has 2 aliphatic heterocycles. The first-order chi connectivity index (χ1) is 12.0. The number of amides is 1. The van der Waals surface area contributed by atoms with Gasteiger partial charge in [-0.15, -0.1) is 0 Å². The van der Waals surface area contributed by atoms with Crippen molar-refractivity contribution in [1.29, 1.82) is 0 Å². The zero-order chi connectivity index (χ0) is 17.6. The second-order valence-corrected chi connectivity index (χ2v) is 6.68. The predicted molar refractivity (Wildman–Crippen MR) is 96.9 cm³/mol. The van der Waals surface area contributed by atoms with Gasteiger partial charge in [0.25, 0.3) is 5.91 Å². The lowest BCUT2D eigenvalue weighted by atomic mass is 9.87. The fourth-order valence-corrected chi connectivity index (χ4v) is 3.98. The number of ether oxygens (including phenoxy) is 1. The first-order valence-corrected chi connectivity index (χ1v) is 8.54. The van der Waals surface area contributed by atoms with Crippen LogP contribution in [0.25, 0.3) is 0 Å². The highest BCUT2D eigenvalue weighted by Gasteiger charge is 2.44. The number of hydrogen-bond donors (Lipinski definition) is 2. The van der Waals surface area contributed by atoms with Crippen LogP contribution >= 0.6 is 0 Å². The average Bonchev–Trinajstić information content (AvgIpc) is 2.58. The molecule has 1 fully saturated rings. The van der Waals surface area contributed by atoms with E-state index in [0.29, 0.717) is 17.4 Å². The second kappa shape index (κ2) is 5.65. The van der Waals surface area contributed by atoms with Crippen molar-refractivity contribution >= 4 is 29.2 Å². The van der Waals surface area contributed by atoms with Crippen molar-refractivity contribution in [3.05, 3.63) is 18.2 Å². The largest absolute Gasteiger partial charge is 0.481 e. The standard InChI is InChI=1S/C17H22N6O2/c1-22-13(24)10-25-12-7-5-6-11(14(12)22)23-16(19)20-15(18)21-17(23)8-3-2-4-9-17/h5-7H,2-4,8-10H2,1H3,(H4,18,19,20,21). The molecule has 0 unspecified atom stereocenters. The van der Waals surface area contributed by atoms with E-state index >= 15 is 0 Å². The zero-order valence-corrected chi connectivity index (χ0v) is 14.2. The minimum Gasteiger partial charge on any atom is -0.481 e. The number of likely N-dealkylation sites (N-methyl/N-ethyl adjacent to an activating group) is 1. The van der Waals surface area contributed by atoms with Crippen LogP contribution in [-0.2, 0) is 4.79 Å². The summed E-state index contributed by atoms with van der Waals surface area (Å²) in [6.07, 6.45) is 4.93. The van der Waals surface area contributed by atoms with Crippen LogP contribution in [0.15, 0.2) is 28.2 Å². The van der Waals surface area contributed by atoms with Crippen LogP contribution in [-0.4, -0.2) is 37.1 Å². The Bertz CT molecular complexity index is 781. The van der Waals surface area contributed by atoms with Gasteiger partial charge in [0.15, 0.2) is 6.61 Å². The maximum Gasteiger partial charge on any atom is 0.264 e. The van der Waals surface area contributed by atoms with E-state index in [4.69, 9.17) is 16.2 Å². The van der Waals surface area contributed by atoms with Crippen LogP contribution in [0.2, 0.25) is 0 Å². The van der Waals surface area contributed by atoms with Crippen molar-refractivity contribution in [2.75, 3.05) is 23.5 Å². The third-order valence-electron chi connectivity index (χ3n) is 5.13. The first-order valence-electron chi connectivity index (χ1n) is 8.54. The number of fused-ring (bicyclic) bond motifs is 1. The Hall–Kier alpha value is -2.77. The molecule has 25 heavy (non-hydrogen) atoms. The van der Waals surface area contributed by atoms with Gasteiger partial charge in [0.2, 0.25) is 11.9 Å². The Morgan fingerprint density at radius 3 is 2.72 bits per heavy atom.